The molecule has 0 aromatic heterocycles. The molecular formula is C22H27F3N2OS. The molecule has 29 heavy (non-hydrogen) atoms. The van der Waals surface area contributed by atoms with Gasteiger partial charge in [0.05, 0.1) is 0 Å². The number of nitrogens with one attached hydrogen (secondary N) is 2. The molecule has 3 nitrogen and oxygen atoms in total. The van der Waals surface area contributed by atoms with E-state index in [-0.39, 0.29) is 11.7 Å². The number of hydrogen-bond acceptors (Lipinski definition) is 4. The fourth-order valence-electron chi connectivity index (χ4n) is 4.45. The van der Waals surface area contributed by atoms with Gasteiger partial charge in [0.25, 0.3) is 0 Å². The lowest BCUT2D eigenvalue weighted by Crippen LogP contribution is -2.37. The largest absolute Gasteiger partial charge is 0.573 e. The van der Waals surface area contributed by atoms with Crippen LogP contribution in [0.4, 0.5) is 13.2 Å². The Balaban J connectivity index is 1.59. The number of piperidine rings is 2. The quantitative estimate of drug-likeness (QED) is 0.715. The highest BCUT2D eigenvalue weighted by molar-refractivity contribution is 7.99. The molecule has 0 amide bonds. The van der Waals surface area contributed by atoms with Crippen LogP contribution in [0, 0.1) is 11.8 Å². The van der Waals surface area contributed by atoms with Crippen LogP contribution in [-0.2, 0) is 5.75 Å². The van der Waals surface area contributed by atoms with Crippen LogP contribution in [0.25, 0.3) is 5.57 Å². The zero-order valence-electron chi connectivity index (χ0n) is 16.3. The lowest BCUT2D eigenvalue weighted by atomic mass is 9.75. The van der Waals surface area contributed by atoms with E-state index < -0.39 is 6.36 Å². The van der Waals surface area contributed by atoms with Crippen molar-refractivity contribution in [2.45, 2.75) is 36.6 Å². The fourth-order valence-corrected chi connectivity index (χ4v) is 5.62. The molecule has 2 N–H and O–H groups in total. The lowest BCUT2D eigenvalue weighted by Gasteiger charge is -2.35. The molecule has 2 unspecified atom stereocenters. The number of halogens is 3. The molecule has 4 rings (SSSR count). The maximum atomic E-state index is 13.0. The molecule has 2 atom stereocenters. The molecule has 2 saturated heterocycles. The van der Waals surface area contributed by atoms with Crippen molar-refractivity contribution < 1.29 is 17.9 Å². The third kappa shape index (κ3) is 5.38. The average Bonchev–Trinajstić information content (AvgIpc) is 2.72. The van der Waals surface area contributed by atoms with Gasteiger partial charge in [0.1, 0.15) is 5.75 Å². The van der Waals surface area contributed by atoms with Crippen LogP contribution in [-0.4, -0.2) is 37.8 Å². The molecule has 0 radical (unpaired) electrons. The first kappa shape index (κ1) is 20.8. The summed E-state index contributed by atoms with van der Waals surface area (Å²) in [7, 11) is 0. The van der Waals surface area contributed by atoms with Gasteiger partial charge in [-0.15, -0.1) is 13.2 Å². The first-order valence-corrected chi connectivity index (χ1v) is 11.3. The molecule has 7 heteroatoms. The molecule has 2 aliphatic heterocycles. The van der Waals surface area contributed by atoms with Crippen LogP contribution in [0.1, 0.15) is 30.4 Å². The highest BCUT2D eigenvalue weighted by Gasteiger charge is 2.35. The smallest absolute Gasteiger partial charge is 0.405 e. The summed E-state index contributed by atoms with van der Waals surface area (Å²) in [6.07, 6.45) is 4.69. The minimum absolute atomic E-state index is 0.0982. The summed E-state index contributed by atoms with van der Waals surface area (Å²) in [4.78, 5) is 0. The normalized spacial score (nSPS) is 25.4. The summed E-state index contributed by atoms with van der Waals surface area (Å²) in [6.45, 7) is 3.80. The number of allylic oxidation sites excluding steroid dienone is 3. The van der Waals surface area contributed by atoms with E-state index in [4.69, 9.17) is 0 Å². The standard InChI is InChI=1S/C22H27F3N2OS/c23-22(24,25)28-21-5-4-15(14-29-17-7-10-26-11-8-17)12-19(21)18-3-1-2-16-6-9-27-13-20(16)18/h1-5,12,16-17,20,26-27H,6-11,13-14H2. The van der Waals surface area contributed by atoms with Gasteiger partial charge < -0.3 is 15.4 Å². The third-order valence-corrected chi connectivity index (χ3v) is 7.36. The summed E-state index contributed by atoms with van der Waals surface area (Å²) in [6, 6.07) is 5.17. The van der Waals surface area contributed by atoms with E-state index in [0.717, 1.165) is 62.3 Å². The zero-order valence-corrected chi connectivity index (χ0v) is 17.1. The number of alkyl halides is 3. The summed E-state index contributed by atoms with van der Waals surface area (Å²) in [5, 5.41) is 7.36. The minimum atomic E-state index is -4.70. The molecular weight excluding hydrogens is 397 g/mol. The molecule has 158 valence electrons. The average molecular weight is 425 g/mol. The topological polar surface area (TPSA) is 33.3 Å². The van der Waals surface area contributed by atoms with E-state index in [2.05, 4.69) is 21.4 Å². The number of hydrogen-bond donors (Lipinski definition) is 2. The maximum absolute atomic E-state index is 13.0. The Morgan fingerprint density at radius 1 is 1.07 bits per heavy atom. The molecule has 1 aromatic carbocycles. The highest BCUT2D eigenvalue weighted by Crippen LogP contribution is 2.42. The Bertz CT molecular complexity index is 772. The molecule has 3 aliphatic rings. The van der Waals surface area contributed by atoms with Crippen molar-refractivity contribution in [3.63, 3.8) is 0 Å². The summed E-state index contributed by atoms with van der Waals surface area (Å²) in [5.41, 5.74) is 2.57. The molecule has 0 bridgehead atoms. The first-order valence-electron chi connectivity index (χ1n) is 10.3. The number of thioether (sulfide) groups is 1. The van der Waals surface area contributed by atoms with E-state index in [0.29, 0.717) is 16.7 Å². The summed E-state index contributed by atoms with van der Waals surface area (Å²) < 4.78 is 43.5. The Morgan fingerprint density at radius 3 is 2.66 bits per heavy atom. The van der Waals surface area contributed by atoms with Crippen LogP contribution in [0.3, 0.4) is 0 Å². The van der Waals surface area contributed by atoms with E-state index >= 15 is 0 Å². The monoisotopic (exact) mass is 424 g/mol. The van der Waals surface area contributed by atoms with Crippen molar-refractivity contribution in [1.82, 2.24) is 10.6 Å². The minimum Gasteiger partial charge on any atom is -0.405 e. The molecule has 1 aromatic rings. The first-order chi connectivity index (χ1) is 14.0. The van der Waals surface area contributed by atoms with Gasteiger partial charge in [0.15, 0.2) is 0 Å². The molecule has 0 saturated carbocycles. The maximum Gasteiger partial charge on any atom is 0.573 e. The van der Waals surface area contributed by atoms with Gasteiger partial charge in [0.2, 0.25) is 0 Å². The third-order valence-electron chi connectivity index (χ3n) is 5.92. The number of fused-ring (bicyclic) bond motifs is 1. The van der Waals surface area contributed by atoms with Crippen molar-refractivity contribution >= 4 is 17.3 Å². The fraction of sp³-hybridized carbons (Fsp3) is 0.545. The SMILES string of the molecule is FC(F)(F)Oc1ccc(CSC2CCNCC2)cc1C1=CC=CC2CCNCC12. The van der Waals surface area contributed by atoms with Crippen molar-refractivity contribution in [3.8, 4) is 5.75 Å². The number of benzene rings is 1. The number of ether oxygens (including phenoxy) is 1. The van der Waals surface area contributed by atoms with Gasteiger partial charge in [-0.05, 0) is 68.1 Å². The van der Waals surface area contributed by atoms with E-state index in [1.165, 1.54) is 6.07 Å². The van der Waals surface area contributed by atoms with Crippen LogP contribution in [0.15, 0.2) is 36.4 Å². The Morgan fingerprint density at radius 2 is 1.86 bits per heavy atom. The van der Waals surface area contributed by atoms with Gasteiger partial charge in [-0.3, -0.25) is 0 Å². The van der Waals surface area contributed by atoms with Crippen LogP contribution in [0.2, 0.25) is 0 Å². The molecule has 1 aliphatic carbocycles. The van der Waals surface area contributed by atoms with Gasteiger partial charge in [-0.2, -0.15) is 11.8 Å². The van der Waals surface area contributed by atoms with Crippen molar-refractivity contribution in [1.29, 1.82) is 0 Å². The van der Waals surface area contributed by atoms with E-state index in [1.54, 1.807) is 6.07 Å². The van der Waals surface area contributed by atoms with Gasteiger partial charge in [-0.1, -0.05) is 24.3 Å². The predicted octanol–water partition coefficient (Wildman–Crippen LogP) is 4.75. The molecule has 2 fully saturated rings. The van der Waals surface area contributed by atoms with E-state index in [9.17, 15) is 13.2 Å². The van der Waals surface area contributed by atoms with Crippen molar-refractivity contribution in [3.05, 3.63) is 47.6 Å². The second-order valence-electron chi connectivity index (χ2n) is 7.91. The zero-order chi connectivity index (χ0) is 20.3. The molecule has 0 spiro atoms. The van der Waals surface area contributed by atoms with Gasteiger partial charge in [-0.25, -0.2) is 0 Å². The summed E-state index contributed by atoms with van der Waals surface area (Å²) >= 11 is 1.90. The van der Waals surface area contributed by atoms with Gasteiger partial charge >= 0.3 is 6.36 Å². The second-order valence-corrected chi connectivity index (χ2v) is 9.20. The van der Waals surface area contributed by atoms with Crippen LogP contribution in [0.5, 0.6) is 5.75 Å². The predicted molar refractivity (Wildman–Crippen MR) is 112 cm³/mol. The van der Waals surface area contributed by atoms with Crippen LogP contribution >= 0.6 is 11.8 Å². The molecule has 2 heterocycles. The highest BCUT2D eigenvalue weighted by atomic mass is 32.2. The lowest BCUT2D eigenvalue weighted by molar-refractivity contribution is -0.274. The van der Waals surface area contributed by atoms with E-state index in [1.807, 2.05) is 30.0 Å². The van der Waals surface area contributed by atoms with Crippen molar-refractivity contribution in [2.75, 3.05) is 26.2 Å². The number of rotatable bonds is 5. The Kier molecular flexibility index (Phi) is 6.56. The van der Waals surface area contributed by atoms with Gasteiger partial charge in [0, 0.05) is 29.0 Å². The van der Waals surface area contributed by atoms with Crippen LogP contribution < -0.4 is 15.4 Å². The second kappa shape index (κ2) is 9.14. The Labute approximate surface area is 174 Å². The Hall–Kier alpha value is -1.44. The van der Waals surface area contributed by atoms with Crippen molar-refractivity contribution in [2.24, 2.45) is 11.8 Å². The summed E-state index contributed by atoms with van der Waals surface area (Å²) in [5.74, 6) is 1.25.